The van der Waals surface area contributed by atoms with Crippen molar-refractivity contribution in [2.45, 2.75) is 18.0 Å². The summed E-state index contributed by atoms with van der Waals surface area (Å²) in [6, 6.07) is 16.6. The summed E-state index contributed by atoms with van der Waals surface area (Å²) in [7, 11) is 3.22. The first-order chi connectivity index (χ1) is 17.0. The second kappa shape index (κ2) is 12.0. The summed E-state index contributed by atoms with van der Waals surface area (Å²) < 4.78 is 28.9. The summed E-state index contributed by atoms with van der Waals surface area (Å²) in [6.45, 7) is 0.957. The highest BCUT2D eigenvalue weighted by Crippen LogP contribution is 2.38. The predicted molar refractivity (Wildman–Crippen MR) is 147 cm³/mol. The average Bonchev–Trinajstić information content (AvgIpc) is 3.40. The van der Waals surface area contributed by atoms with E-state index in [0.29, 0.717) is 40.2 Å². The van der Waals surface area contributed by atoms with Gasteiger partial charge in [0, 0.05) is 34.2 Å². The molecule has 5 nitrogen and oxygen atoms in total. The highest BCUT2D eigenvalue weighted by Gasteiger charge is 2.19. The van der Waals surface area contributed by atoms with Gasteiger partial charge in [-0.2, -0.15) is 0 Å². The minimum atomic E-state index is -0.376. The van der Waals surface area contributed by atoms with Gasteiger partial charge in [-0.1, -0.05) is 39.7 Å². The first-order valence-corrected chi connectivity index (χ1v) is 13.3. The summed E-state index contributed by atoms with van der Waals surface area (Å²) in [5.41, 5.74) is 2.50. The van der Waals surface area contributed by atoms with Crippen LogP contribution in [-0.4, -0.2) is 19.2 Å². The van der Waals surface area contributed by atoms with E-state index in [2.05, 4.69) is 26.2 Å². The van der Waals surface area contributed by atoms with Crippen LogP contribution >= 0.6 is 50.8 Å². The molecule has 0 amide bonds. The van der Waals surface area contributed by atoms with E-state index in [0.717, 1.165) is 20.7 Å². The molecule has 0 spiro atoms. The number of hydrogen-bond acceptors (Lipinski definition) is 7. The maximum absolute atomic E-state index is 15.2. The van der Waals surface area contributed by atoms with E-state index in [1.165, 1.54) is 29.4 Å². The minimum absolute atomic E-state index is 0.376. The summed E-state index contributed by atoms with van der Waals surface area (Å²) >= 11 is 12.7. The Hall–Kier alpha value is -2.46. The molecular formula is C25H22BrClFN3O2S2. The lowest BCUT2D eigenvalue weighted by Gasteiger charge is -2.22. The van der Waals surface area contributed by atoms with Gasteiger partial charge in [0.25, 0.3) is 0 Å². The van der Waals surface area contributed by atoms with Crippen LogP contribution in [-0.2, 0) is 13.1 Å². The van der Waals surface area contributed by atoms with Gasteiger partial charge in [0.15, 0.2) is 5.13 Å². The molecular weight excluding hydrogens is 573 g/mol. The quantitative estimate of drug-likeness (QED) is 0.188. The van der Waals surface area contributed by atoms with Gasteiger partial charge >= 0.3 is 0 Å². The molecule has 1 aromatic heterocycles. The molecule has 3 aromatic carbocycles. The fourth-order valence-corrected chi connectivity index (χ4v) is 5.73. The molecule has 0 radical (unpaired) electrons. The average molecular weight is 595 g/mol. The number of methoxy groups -OCH3 is 2. The maximum Gasteiger partial charge on any atom is 0.195 e. The molecule has 0 saturated heterocycles. The zero-order chi connectivity index (χ0) is 24.8. The fourth-order valence-electron chi connectivity index (χ4n) is 3.31. The lowest BCUT2D eigenvalue weighted by molar-refractivity contribution is 0.391. The third-order valence-corrected chi connectivity index (χ3v) is 7.79. The number of rotatable bonds is 10. The summed E-state index contributed by atoms with van der Waals surface area (Å²) in [5.74, 6) is 0.999. The number of halogens is 3. The fraction of sp³-hybridized carbons (Fsp3) is 0.160. The second-order valence-electron chi connectivity index (χ2n) is 7.37. The Morgan fingerprint density at radius 2 is 2.00 bits per heavy atom. The van der Waals surface area contributed by atoms with Crippen LogP contribution in [0.15, 0.2) is 75.5 Å². The number of hydrogen-bond donors (Lipinski definition) is 1. The van der Waals surface area contributed by atoms with Crippen molar-refractivity contribution in [2.75, 3.05) is 23.8 Å². The highest BCUT2D eigenvalue weighted by atomic mass is 79.9. The van der Waals surface area contributed by atoms with Gasteiger partial charge < -0.3 is 14.8 Å². The molecule has 0 unspecified atom stereocenters. The standard InChI is InChI=1S/C25H22BrClFN3O2S2/c1-32-19-7-6-17(23(11-19)33-2)15-31(25-29-8-9-34-25)35-24-12-20(27)22(13-21(24)28)30-14-16-4-3-5-18(26)10-16/h3-13,30H,14-15H2,1-2H3. The van der Waals surface area contributed by atoms with E-state index < -0.39 is 0 Å². The van der Waals surface area contributed by atoms with Crippen molar-refractivity contribution in [3.05, 3.63) is 92.6 Å². The van der Waals surface area contributed by atoms with E-state index in [1.807, 2.05) is 52.1 Å². The molecule has 1 N–H and O–H groups in total. The van der Waals surface area contributed by atoms with Crippen molar-refractivity contribution in [1.82, 2.24) is 4.98 Å². The summed E-state index contributed by atoms with van der Waals surface area (Å²) in [5, 5.41) is 6.27. The van der Waals surface area contributed by atoms with Crippen molar-refractivity contribution in [1.29, 1.82) is 0 Å². The molecule has 0 aliphatic heterocycles. The molecule has 182 valence electrons. The highest BCUT2D eigenvalue weighted by molar-refractivity contribution is 9.10. The van der Waals surface area contributed by atoms with Gasteiger partial charge in [-0.15, -0.1) is 11.3 Å². The monoisotopic (exact) mass is 593 g/mol. The Labute approximate surface area is 225 Å². The predicted octanol–water partition coefficient (Wildman–Crippen LogP) is 8.04. The Bertz CT molecular complexity index is 1290. The third kappa shape index (κ3) is 6.61. The molecule has 0 saturated carbocycles. The van der Waals surface area contributed by atoms with Crippen LogP contribution in [0, 0.1) is 5.82 Å². The number of thiazole rings is 1. The lowest BCUT2D eigenvalue weighted by atomic mass is 10.2. The van der Waals surface area contributed by atoms with E-state index in [-0.39, 0.29) is 5.82 Å². The normalized spacial score (nSPS) is 10.8. The summed E-state index contributed by atoms with van der Waals surface area (Å²) in [6.07, 6.45) is 1.72. The van der Waals surface area contributed by atoms with Gasteiger partial charge in [0.2, 0.25) is 0 Å². The molecule has 1 heterocycles. The van der Waals surface area contributed by atoms with Gasteiger partial charge in [-0.25, -0.2) is 9.37 Å². The molecule has 0 atom stereocenters. The Morgan fingerprint density at radius 3 is 2.71 bits per heavy atom. The van der Waals surface area contributed by atoms with Crippen LogP contribution in [0.4, 0.5) is 15.2 Å². The molecule has 0 bridgehead atoms. The lowest BCUT2D eigenvalue weighted by Crippen LogP contribution is -2.15. The zero-order valence-corrected chi connectivity index (χ0v) is 22.9. The molecule has 0 fully saturated rings. The second-order valence-corrected chi connectivity index (χ2v) is 10.6. The molecule has 10 heteroatoms. The largest absolute Gasteiger partial charge is 0.497 e. The topological polar surface area (TPSA) is 46.6 Å². The van der Waals surface area contributed by atoms with Gasteiger partial charge in [-0.3, -0.25) is 4.31 Å². The van der Waals surface area contributed by atoms with Crippen LogP contribution in [0.1, 0.15) is 11.1 Å². The Balaban J connectivity index is 1.55. The molecule has 4 aromatic rings. The Kier molecular flexibility index (Phi) is 8.78. The van der Waals surface area contributed by atoms with Crippen LogP contribution < -0.4 is 19.1 Å². The minimum Gasteiger partial charge on any atom is -0.497 e. The van der Waals surface area contributed by atoms with E-state index in [1.54, 1.807) is 26.5 Å². The zero-order valence-electron chi connectivity index (χ0n) is 18.9. The molecule has 0 aliphatic carbocycles. The van der Waals surface area contributed by atoms with Crippen LogP contribution in [0.5, 0.6) is 11.5 Å². The smallest absolute Gasteiger partial charge is 0.195 e. The van der Waals surface area contributed by atoms with Crippen molar-refractivity contribution in [3.8, 4) is 11.5 Å². The van der Waals surface area contributed by atoms with E-state index in [9.17, 15) is 0 Å². The molecule has 35 heavy (non-hydrogen) atoms. The number of benzene rings is 3. The molecule has 4 rings (SSSR count). The van der Waals surface area contributed by atoms with Crippen molar-refractivity contribution in [3.63, 3.8) is 0 Å². The Morgan fingerprint density at radius 1 is 1.14 bits per heavy atom. The van der Waals surface area contributed by atoms with Gasteiger partial charge in [-0.05, 0) is 53.9 Å². The van der Waals surface area contributed by atoms with Gasteiger partial charge in [0.1, 0.15) is 17.3 Å². The van der Waals surface area contributed by atoms with Crippen molar-refractivity contribution >= 4 is 61.6 Å². The first-order valence-electron chi connectivity index (χ1n) is 10.5. The number of ether oxygens (including phenoxy) is 2. The van der Waals surface area contributed by atoms with E-state index in [4.69, 9.17) is 21.1 Å². The van der Waals surface area contributed by atoms with Crippen LogP contribution in [0.2, 0.25) is 5.02 Å². The third-order valence-electron chi connectivity index (χ3n) is 5.04. The SMILES string of the molecule is COc1ccc(CN(Sc2cc(Cl)c(NCc3cccc(Br)c3)cc2F)c2nccs2)c(OC)c1. The van der Waals surface area contributed by atoms with Crippen LogP contribution in [0.3, 0.4) is 0 Å². The number of anilines is 2. The molecule has 0 aliphatic rings. The van der Waals surface area contributed by atoms with Crippen molar-refractivity contribution < 1.29 is 13.9 Å². The maximum atomic E-state index is 15.2. The summed E-state index contributed by atoms with van der Waals surface area (Å²) in [4.78, 5) is 4.82. The first kappa shape index (κ1) is 25.6. The van der Waals surface area contributed by atoms with Crippen molar-refractivity contribution in [2.24, 2.45) is 0 Å². The number of nitrogens with one attached hydrogen (secondary N) is 1. The van der Waals surface area contributed by atoms with Crippen LogP contribution in [0.25, 0.3) is 0 Å². The van der Waals surface area contributed by atoms with Gasteiger partial charge in [0.05, 0.1) is 36.4 Å². The van der Waals surface area contributed by atoms with E-state index >= 15 is 4.39 Å². The number of nitrogens with zero attached hydrogens (tertiary/aromatic N) is 2. The number of aromatic nitrogens is 1.